The molecular formula is C18H13ClN4O2. The van der Waals surface area contributed by atoms with Gasteiger partial charge in [0.1, 0.15) is 0 Å². The van der Waals surface area contributed by atoms with Crippen molar-refractivity contribution in [1.82, 2.24) is 10.1 Å². The van der Waals surface area contributed by atoms with E-state index in [2.05, 4.69) is 15.5 Å². The molecule has 0 aliphatic carbocycles. The number of nitrogens with one attached hydrogen (secondary N) is 1. The molecule has 124 valence electrons. The van der Waals surface area contributed by atoms with E-state index in [4.69, 9.17) is 21.4 Å². The molecule has 0 bridgehead atoms. The molecule has 0 radical (unpaired) electrons. The van der Waals surface area contributed by atoms with Crippen molar-refractivity contribution in [3.05, 3.63) is 65.0 Å². The Bertz CT molecular complexity index is 946. The number of benzene rings is 2. The van der Waals surface area contributed by atoms with Gasteiger partial charge in [0.2, 0.25) is 17.6 Å². The van der Waals surface area contributed by atoms with Crippen LogP contribution in [0.1, 0.15) is 17.9 Å². The summed E-state index contributed by atoms with van der Waals surface area (Å²) in [5, 5.41) is 16.1. The Labute approximate surface area is 149 Å². The van der Waals surface area contributed by atoms with Crippen LogP contribution in [0.15, 0.2) is 53.1 Å². The Morgan fingerprint density at radius 1 is 1.24 bits per heavy atom. The van der Waals surface area contributed by atoms with Crippen LogP contribution < -0.4 is 5.32 Å². The molecule has 0 aliphatic rings. The second kappa shape index (κ2) is 7.60. The monoisotopic (exact) mass is 352 g/mol. The summed E-state index contributed by atoms with van der Waals surface area (Å²) in [6, 6.07) is 15.9. The molecule has 1 heterocycles. The van der Waals surface area contributed by atoms with Crippen LogP contribution >= 0.6 is 11.6 Å². The molecule has 0 aliphatic heterocycles. The molecule has 0 saturated heterocycles. The summed E-state index contributed by atoms with van der Waals surface area (Å²) in [5.41, 5.74) is 1.82. The highest BCUT2D eigenvalue weighted by Crippen LogP contribution is 2.20. The highest BCUT2D eigenvalue weighted by Gasteiger charge is 2.11. The maximum Gasteiger partial charge on any atom is 0.227 e. The first kappa shape index (κ1) is 16.7. The molecule has 25 heavy (non-hydrogen) atoms. The van der Waals surface area contributed by atoms with E-state index in [-0.39, 0.29) is 12.3 Å². The number of hydrogen-bond acceptors (Lipinski definition) is 5. The predicted octanol–water partition coefficient (Wildman–Crippen LogP) is 3.83. The fraction of sp³-hybridized carbons (Fsp3) is 0.111. The van der Waals surface area contributed by atoms with Crippen LogP contribution in [0.4, 0.5) is 5.69 Å². The van der Waals surface area contributed by atoms with Crippen molar-refractivity contribution in [3.63, 3.8) is 0 Å². The minimum atomic E-state index is -0.197. The standard InChI is InChI=1S/C18H13ClN4O2/c19-14-5-2-4-13(10-14)18-22-17(25-23-18)8-7-16(24)21-15-6-1-3-12(9-15)11-20/h1-6,9-10H,7-8H2,(H,21,24). The van der Waals surface area contributed by atoms with E-state index < -0.39 is 0 Å². The summed E-state index contributed by atoms with van der Waals surface area (Å²) >= 11 is 5.94. The number of aryl methyl sites for hydroxylation is 1. The lowest BCUT2D eigenvalue weighted by molar-refractivity contribution is -0.116. The molecule has 1 aromatic heterocycles. The van der Waals surface area contributed by atoms with E-state index in [9.17, 15) is 4.79 Å². The molecule has 0 atom stereocenters. The first-order valence-electron chi connectivity index (χ1n) is 7.52. The molecule has 0 fully saturated rings. The number of anilines is 1. The fourth-order valence-electron chi connectivity index (χ4n) is 2.21. The van der Waals surface area contributed by atoms with Crippen molar-refractivity contribution in [2.24, 2.45) is 0 Å². The Balaban J connectivity index is 1.58. The Kier molecular flexibility index (Phi) is 5.07. The number of carbonyl (C=O) groups is 1. The van der Waals surface area contributed by atoms with Crippen LogP contribution in [-0.4, -0.2) is 16.0 Å². The molecule has 0 unspecified atom stereocenters. The van der Waals surface area contributed by atoms with Crippen molar-refractivity contribution in [2.45, 2.75) is 12.8 Å². The van der Waals surface area contributed by atoms with Crippen LogP contribution in [0.5, 0.6) is 0 Å². The summed E-state index contributed by atoms with van der Waals surface area (Å²) in [7, 11) is 0. The number of rotatable bonds is 5. The lowest BCUT2D eigenvalue weighted by Crippen LogP contribution is -2.12. The molecule has 6 nitrogen and oxygen atoms in total. The molecule has 0 saturated carbocycles. The van der Waals surface area contributed by atoms with Crippen LogP contribution in [0, 0.1) is 11.3 Å². The molecule has 3 aromatic rings. The van der Waals surface area contributed by atoms with Crippen molar-refractivity contribution < 1.29 is 9.32 Å². The largest absolute Gasteiger partial charge is 0.339 e. The maximum atomic E-state index is 12.0. The van der Waals surface area contributed by atoms with Gasteiger partial charge in [-0.3, -0.25) is 4.79 Å². The molecular weight excluding hydrogens is 340 g/mol. The molecule has 3 rings (SSSR count). The Morgan fingerprint density at radius 3 is 2.88 bits per heavy atom. The van der Waals surface area contributed by atoms with Crippen LogP contribution in [0.2, 0.25) is 5.02 Å². The lowest BCUT2D eigenvalue weighted by atomic mass is 10.2. The van der Waals surface area contributed by atoms with Crippen molar-refractivity contribution in [3.8, 4) is 17.5 Å². The zero-order valence-electron chi connectivity index (χ0n) is 13.1. The number of hydrogen-bond donors (Lipinski definition) is 1. The third kappa shape index (κ3) is 4.43. The van der Waals surface area contributed by atoms with E-state index >= 15 is 0 Å². The van der Waals surface area contributed by atoms with Gasteiger partial charge >= 0.3 is 0 Å². The summed E-state index contributed by atoms with van der Waals surface area (Å²) in [6.07, 6.45) is 0.505. The molecule has 2 aromatic carbocycles. The first-order valence-corrected chi connectivity index (χ1v) is 7.90. The van der Waals surface area contributed by atoms with Gasteiger partial charge in [-0.25, -0.2) is 0 Å². The van der Waals surface area contributed by atoms with Gasteiger partial charge in [0.25, 0.3) is 0 Å². The molecule has 1 amide bonds. The van der Waals surface area contributed by atoms with Gasteiger partial charge in [-0.15, -0.1) is 0 Å². The second-order valence-electron chi connectivity index (χ2n) is 5.26. The third-order valence-corrected chi connectivity index (χ3v) is 3.63. The summed E-state index contributed by atoms with van der Waals surface area (Å²) < 4.78 is 5.17. The first-order chi connectivity index (χ1) is 12.1. The predicted molar refractivity (Wildman–Crippen MR) is 92.9 cm³/mol. The maximum absolute atomic E-state index is 12.0. The fourth-order valence-corrected chi connectivity index (χ4v) is 2.40. The number of amides is 1. The topological polar surface area (TPSA) is 91.8 Å². The van der Waals surface area contributed by atoms with E-state index in [1.807, 2.05) is 12.1 Å². The molecule has 7 heteroatoms. The van der Waals surface area contributed by atoms with Crippen molar-refractivity contribution >= 4 is 23.2 Å². The van der Waals surface area contributed by atoms with Crippen LogP contribution in [0.25, 0.3) is 11.4 Å². The van der Waals surface area contributed by atoms with Gasteiger partial charge < -0.3 is 9.84 Å². The average molecular weight is 353 g/mol. The Hall–Kier alpha value is -3.17. The quantitative estimate of drug-likeness (QED) is 0.753. The lowest BCUT2D eigenvalue weighted by Gasteiger charge is -2.04. The third-order valence-electron chi connectivity index (χ3n) is 3.39. The van der Waals surface area contributed by atoms with E-state index in [0.29, 0.717) is 34.4 Å². The van der Waals surface area contributed by atoms with Gasteiger partial charge in [0, 0.05) is 29.1 Å². The van der Waals surface area contributed by atoms with Gasteiger partial charge in [0.15, 0.2) is 0 Å². The summed E-state index contributed by atoms with van der Waals surface area (Å²) in [5.74, 6) is 0.605. The smallest absolute Gasteiger partial charge is 0.227 e. The number of aromatic nitrogens is 2. The molecule has 0 spiro atoms. The van der Waals surface area contributed by atoms with Crippen LogP contribution in [0.3, 0.4) is 0 Å². The van der Waals surface area contributed by atoms with Gasteiger partial charge in [0.05, 0.1) is 11.6 Å². The zero-order valence-corrected chi connectivity index (χ0v) is 13.8. The van der Waals surface area contributed by atoms with E-state index in [0.717, 1.165) is 5.56 Å². The van der Waals surface area contributed by atoms with E-state index in [1.54, 1.807) is 42.5 Å². The summed E-state index contributed by atoms with van der Waals surface area (Å²) in [6.45, 7) is 0. The highest BCUT2D eigenvalue weighted by atomic mass is 35.5. The van der Waals surface area contributed by atoms with Crippen molar-refractivity contribution in [1.29, 1.82) is 5.26 Å². The van der Waals surface area contributed by atoms with E-state index in [1.165, 1.54) is 0 Å². The van der Waals surface area contributed by atoms with Gasteiger partial charge in [-0.1, -0.05) is 35.0 Å². The highest BCUT2D eigenvalue weighted by molar-refractivity contribution is 6.30. The normalized spacial score (nSPS) is 10.2. The van der Waals surface area contributed by atoms with Crippen LogP contribution in [-0.2, 0) is 11.2 Å². The minimum Gasteiger partial charge on any atom is -0.339 e. The zero-order chi connectivity index (χ0) is 17.6. The number of nitrogens with zero attached hydrogens (tertiary/aromatic N) is 3. The molecule has 1 N–H and O–H groups in total. The second-order valence-corrected chi connectivity index (χ2v) is 5.70. The summed E-state index contributed by atoms with van der Waals surface area (Å²) in [4.78, 5) is 16.3. The van der Waals surface area contributed by atoms with Gasteiger partial charge in [-0.05, 0) is 30.3 Å². The Morgan fingerprint density at radius 2 is 2.08 bits per heavy atom. The van der Waals surface area contributed by atoms with Gasteiger partial charge in [-0.2, -0.15) is 10.2 Å². The number of carbonyl (C=O) groups excluding carboxylic acids is 1. The minimum absolute atomic E-state index is 0.188. The number of nitriles is 1. The van der Waals surface area contributed by atoms with Crippen molar-refractivity contribution in [2.75, 3.05) is 5.32 Å². The SMILES string of the molecule is N#Cc1cccc(NC(=O)CCc2nc(-c3cccc(Cl)c3)no2)c1. The average Bonchev–Trinajstić information content (AvgIpc) is 3.09. The number of halogens is 1.